The Morgan fingerprint density at radius 3 is 1.16 bits per heavy atom. The lowest BCUT2D eigenvalue weighted by atomic mass is 9.96. The second-order valence-corrected chi connectivity index (χ2v) is 24.6. The molecule has 17 atom stereocenters. The average Bonchev–Trinajstić information content (AvgIpc) is 0.865. The Kier molecular flexibility index (Phi) is 47.2. The van der Waals surface area contributed by atoms with E-state index in [0.29, 0.717) is 25.7 Å². The van der Waals surface area contributed by atoms with Gasteiger partial charge in [-0.05, 0) is 64.2 Å². The van der Waals surface area contributed by atoms with Crippen molar-refractivity contribution >= 4 is 5.91 Å². The SMILES string of the molecule is CC/C=C\C/C=C\C/C=C\C/C=C\C/C=C\C/C=C\C/C=C\CCCC(=O)NC(COC1OC(CO)C(OC2OC(CO)C(OC3OC(CO)C(O)C(O)C3O)C(O)C2O)C(O)C1O)C(O)CCCCCCCCCCCCCCCCCCCCCCCC. The summed E-state index contributed by atoms with van der Waals surface area (Å²) in [5, 5.41) is 121. The van der Waals surface area contributed by atoms with Gasteiger partial charge in [-0.2, -0.15) is 0 Å². The Balaban J connectivity index is 1.46. The summed E-state index contributed by atoms with van der Waals surface area (Å²) in [6.45, 7) is 1.65. The van der Waals surface area contributed by atoms with Crippen LogP contribution in [0.3, 0.4) is 0 Å². The summed E-state index contributed by atoms with van der Waals surface area (Å²) in [6.07, 6.45) is 39.5. The number of unbranched alkanes of at least 4 members (excludes halogenated alkanes) is 22. The third kappa shape index (κ3) is 33.9. The maximum absolute atomic E-state index is 13.4. The van der Waals surface area contributed by atoms with Crippen molar-refractivity contribution in [3.63, 3.8) is 0 Å². The van der Waals surface area contributed by atoms with Gasteiger partial charge in [-0.15, -0.1) is 0 Å². The average molecular weight is 1280 g/mol. The van der Waals surface area contributed by atoms with Crippen LogP contribution in [0.4, 0.5) is 0 Å². The minimum absolute atomic E-state index is 0.182. The van der Waals surface area contributed by atoms with Crippen molar-refractivity contribution in [3.8, 4) is 0 Å². The first-order valence-corrected chi connectivity index (χ1v) is 34.8. The van der Waals surface area contributed by atoms with Crippen molar-refractivity contribution in [1.29, 1.82) is 0 Å². The first-order valence-electron chi connectivity index (χ1n) is 34.8. The van der Waals surface area contributed by atoms with Crippen LogP contribution in [0, 0.1) is 0 Å². The lowest BCUT2D eigenvalue weighted by Gasteiger charge is -2.48. The molecule has 3 heterocycles. The monoisotopic (exact) mass is 1280 g/mol. The van der Waals surface area contributed by atoms with Crippen LogP contribution in [0.5, 0.6) is 0 Å². The molecule has 3 rings (SSSR count). The van der Waals surface area contributed by atoms with Crippen molar-refractivity contribution in [2.24, 2.45) is 0 Å². The number of ether oxygens (including phenoxy) is 6. The van der Waals surface area contributed by atoms with Crippen LogP contribution >= 0.6 is 0 Å². The molecular formula is C71H123NO18. The molecule has 17 unspecified atom stereocenters. The van der Waals surface area contributed by atoms with E-state index < -0.39 is 124 Å². The van der Waals surface area contributed by atoms with Gasteiger partial charge in [0.15, 0.2) is 18.9 Å². The number of hydrogen-bond donors (Lipinski definition) is 12. The van der Waals surface area contributed by atoms with E-state index in [-0.39, 0.29) is 18.9 Å². The number of aliphatic hydroxyl groups is 11. The van der Waals surface area contributed by atoms with Gasteiger partial charge in [-0.25, -0.2) is 0 Å². The van der Waals surface area contributed by atoms with Crippen molar-refractivity contribution in [2.45, 2.75) is 330 Å². The lowest BCUT2D eigenvalue weighted by Crippen LogP contribution is -2.66. The zero-order valence-corrected chi connectivity index (χ0v) is 54.8. The molecule has 19 nitrogen and oxygen atoms in total. The van der Waals surface area contributed by atoms with Crippen molar-refractivity contribution < 1.29 is 89.4 Å². The van der Waals surface area contributed by atoms with Crippen LogP contribution in [0.15, 0.2) is 85.1 Å². The molecule has 3 aliphatic rings. The Hall–Kier alpha value is -3.03. The van der Waals surface area contributed by atoms with Gasteiger partial charge in [0.05, 0.1) is 38.6 Å². The molecule has 3 saturated heterocycles. The minimum Gasteiger partial charge on any atom is -0.394 e. The molecule has 0 radical (unpaired) electrons. The number of aliphatic hydroxyl groups excluding tert-OH is 11. The predicted molar refractivity (Wildman–Crippen MR) is 351 cm³/mol. The van der Waals surface area contributed by atoms with Crippen LogP contribution in [0.1, 0.15) is 226 Å². The molecule has 12 N–H and O–H groups in total. The number of carbonyl (C=O) groups excluding carboxylic acids is 1. The summed E-state index contributed by atoms with van der Waals surface area (Å²) in [5.74, 6) is -0.302. The zero-order valence-electron chi connectivity index (χ0n) is 54.8. The lowest BCUT2D eigenvalue weighted by molar-refractivity contribution is -0.379. The summed E-state index contributed by atoms with van der Waals surface area (Å²) in [6, 6.07) is -0.925. The summed E-state index contributed by atoms with van der Waals surface area (Å²) in [4.78, 5) is 13.4. The Morgan fingerprint density at radius 1 is 0.411 bits per heavy atom. The standard InChI is InChI=1S/C71H123NO18/c1-3-5-7-9-11-13-15-17-19-21-23-25-27-29-31-33-35-37-39-41-43-45-47-49-59(77)72-54(55(76)48-46-44-42-40-38-36-34-32-30-28-26-24-22-20-18-16-14-12-10-8-6-4-2)53-85-69-65(83)62(80)67(57(51-74)87-69)90-71-66(84)63(81)68(58(52-75)88-71)89-70-64(82)61(79)60(78)56(50-73)86-70/h5,7,11,13,17,19,23,25,29,31,35,37,41,43,54-58,60-71,73-76,78-84H,3-4,6,8-10,12,14-16,18,20-22,24,26-28,30,32-34,36,38-40,42,44-53H2,1-2H3,(H,72,77)/b7-5-,13-11-,19-17-,25-23-,31-29-,37-35-,43-41-. The van der Waals surface area contributed by atoms with E-state index in [1.807, 2.05) is 6.08 Å². The van der Waals surface area contributed by atoms with Crippen molar-refractivity contribution in [2.75, 3.05) is 26.4 Å². The normalized spacial score (nSPS) is 28.6. The second kappa shape index (κ2) is 52.3. The predicted octanol–water partition coefficient (Wildman–Crippen LogP) is 9.10. The van der Waals surface area contributed by atoms with Gasteiger partial charge in [0.1, 0.15) is 73.2 Å². The Morgan fingerprint density at radius 2 is 0.756 bits per heavy atom. The van der Waals surface area contributed by atoms with Crippen molar-refractivity contribution in [1.82, 2.24) is 5.32 Å². The molecule has 520 valence electrons. The summed E-state index contributed by atoms with van der Waals surface area (Å²) < 4.78 is 34.4. The maximum atomic E-state index is 13.4. The summed E-state index contributed by atoms with van der Waals surface area (Å²) >= 11 is 0. The number of allylic oxidation sites excluding steroid dienone is 14. The molecule has 19 heteroatoms. The summed E-state index contributed by atoms with van der Waals surface area (Å²) in [7, 11) is 0. The highest BCUT2D eigenvalue weighted by molar-refractivity contribution is 5.76. The van der Waals surface area contributed by atoms with Gasteiger partial charge >= 0.3 is 0 Å². The smallest absolute Gasteiger partial charge is 0.220 e. The quantitative estimate of drug-likeness (QED) is 0.0200. The molecule has 0 bridgehead atoms. The van der Waals surface area contributed by atoms with E-state index in [0.717, 1.165) is 64.2 Å². The van der Waals surface area contributed by atoms with Gasteiger partial charge < -0.3 is 89.9 Å². The fraction of sp³-hybridized carbons (Fsp3) is 0.789. The van der Waals surface area contributed by atoms with E-state index in [9.17, 15) is 61.0 Å². The molecule has 0 spiro atoms. The first kappa shape index (κ1) is 81.2. The third-order valence-corrected chi connectivity index (χ3v) is 17.0. The van der Waals surface area contributed by atoms with E-state index in [1.165, 1.54) is 116 Å². The number of nitrogens with one attached hydrogen (secondary N) is 1. The van der Waals surface area contributed by atoms with Gasteiger partial charge in [0.25, 0.3) is 0 Å². The largest absolute Gasteiger partial charge is 0.394 e. The van der Waals surface area contributed by atoms with Crippen LogP contribution < -0.4 is 5.32 Å². The maximum Gasteiger partial charge on any atom is 0.220 e. The fourth-order valence-electron chi connectivity index (χ4n) is 11.4. The highest BCUT2D eigenvalue weighted by Crippen LogP contribution is 2.33. The van der Waals surface area contributed by atoms with Gasteiger partial charge in [-0.1, -0.05) is 240 Å². The molecular weight excluding hydrogens is 1150 g/mol. The van der Waals surface area contributed by atoms with Crippen molar-refractivity contribution in [3.05, 3.63) is 85.1 Å². The van der Waals surface area contributed by atoms with E-state index in [4.69, 9.17) is 28.4 Å². The second-order valence-electron chi connectivity index (χ2n) is 24.6. The topological polar surface area (TPSA) is 307 Å². The first-order chi connectivity index (χ1) is 43.8. The highest BCUT2D eigenvalue weighted by Gasteiger charge is 2.53. The van der Waals surface area contributed by atoms with E-state index in [2.05, 4.69) is 98.2 Å². The molecule has 0 aromatic carbocycles. The molecule has 3 fully saturated rings. The minimum atomic E-state index is -1.98. The molecule has 3 aliphatic heterocycles. The van der Waals surface area contributed by atoms with Crippen LogP contribution in [-0.4, -0.2) is 193 Å². The molecule has 0 saturated carbocycles. The van der Waals surface area contributed by atoms with Gasteiger partial charge in [-0.3, -0.25) is 4.79 Å². The number of rotatable bonds is 52. The molecule has 0 aliphatic carbocycles. The Bertz CT molecular complexity index is 1960. The highest BCUT2D eigenvalue weighted by atomic mass is 16.8. The molecule has 0 aromatic heterocycles. The third-order valence-electron chi connectivity index (χ3n) is 17.0. The molecule has 1 amide bonds. The van der Waals surface area contributed by atoms with Gasteiger partial charge in [0, 0.05) is 6.42 Å². The number of hydrogen-bond acceptors (Lipinski definition) is 18. The van der Waals surface area contributed by atoms with Crippen LogP contribution in [0.2, 0.25) is 0 Å². The fourth-order valence-corrected chi connectivity index (χ4v) is 11.4. The van der Waals surface area contributed by atoms with Crippen LogP contribution in [0.25, 0.3) is 0 Å². The van der Waals surface area contributed by atoms with Crippen LogP contribution in [-0.2, 0) is 33.2 Å². The number of carbonyl (C=O) groups is 1. The zero-order chi connectivity index (χ0) is 65.4. The molecule has 0 aromatic rings. The van der Waals surface area contributed by atoms with E-state index >= 15 is 0 Å². The summed E-state index contributed by atoms with van der Waals surface area (Å²) in [5.41, 5.74) is 0. The Labute approximate surface area is 540 Å². The van der Waals surface area contributed by atoms with Gasteiger partial charge in [0.2, 0.25) is 5.91 Å². The van der Waals surface area contributed by atoms with E-state index in [1.54, 1.807) is 0 Å². The number of amides is 1. The molecule has 90 heavy (non-hydrogen) atoms.